The Morgan fingerprint density at radius 2 is 2.18 bits per heavy atom. The molecule has 0 radical (unpaired) electrons. The Bertz CT molecular complexity index is 454. The van der Waals surface area contributed by atoms with Crippen LogP contribution in [0.5, 0.6) is 0 Å². The zero-order valence-electron chi connectivity index (χ0n) is 10.3. The van der Waals surface area contributed by atoms with Crippen molar-refractivity contribution in [2.24, 2.45) is 5.73 Å². The maximum atomic E-state index is 12.0. The first-order valence-corrected chi connectivity index (χ1v) is 7.66. The first-order valence-electron chi connectivity index (χ1n) is 5.29. The van der Waals surface area contributed by atoms with Gasteiger partial charge >= 0.3 is 0 Å². The summed E-state index contributed by atoms with van der Waals surface area (Å²) in [5.41, 5.74) is 6.30. The highest BCUT2D eigenvalue weighted by Crippen LogP contribution is 2.19. The number of sulfonamides is 1. The summed E-state index contributed by atoms with van der Waals surface area (Å²) < 4.78 is 27.0. The third-order valence-corrected chi connectivity index (χ3v) is 5.20. The fourth-order valence-corrected chi connectivity index (χ4v) is 3.98. The van der Waals surface area contributed by atoms with Crippen LogP contribution in [0.1, 0.15) is 12.5 Å². The van der Waals surface area contributed by atoms with Gasteiger partial charge in [-0.25, -0.2) is 13.1 Å². The molecule has 5 nitrogen and oxygen atoms in total. The molecule has 0 fully saturated rings. The maximum absolute atomic E-state index is 12.0. The summed E-state index contributed by atoms with van der Waals surface area (Å²) in [4.78, 5) is 1.94. The molecule has 0 amide bonds. The van der Waals surface area contributed by atoms with E-state index in [-0.39, 0.29) is 6.04 Å². The SMILES string of the molecule is CC(CN(C)C)NS(=O)(=O)c1cc(CN)cs1. The molecule has 0 saturated heterocycles. The normalized spacial score (nSPS) is 14.2. The molecule has 0 saturated carbocycles. The Balaban J connectivity index is 2.74. The summed E-state index contributed by atoms with van der Waals surface area (Å²) in [7, 11) is 0.402. The second-order valence-electron chi connectivity index (χ2n) is 4.26. The highest BCUT2D eigenvalue weighted by atomic mass is 32.2. The first-order chi connectivity index (χ1) is 7.85. The molecule has 0 spiro atoms. The molecule has 3 N–H and O–H groups in total. The molecule has 1 aromatic rings. The lowest BCUT2D eigenvalue weighted by Crippen LogP contribution is -2.39. The first kappa shape index (κ1) is 14.6. The topological polar surface area (TPSA) is 75.4 Å². The highest BCUT2D eigenvalue weighted by molar-refractivity contribution is 7.91. The highest BCUT2D eigenvalue weighted by Gasteiger charge is 2.19. The van der Waals surface area contributed by atoms with Gasteiger partial charge in [0.1, 0.15) is 4.21 Å². The van der Waals surface area contributed by atoms with Crippen LogP contribution in [-0.2, 0) is 16.6 Å². The average Bonchev–Trinajstić information content (AvgIpc) is 2.63. The van der Waals surface area contributed by atoms with E-state index in [4.69, 9.17) is 5.73 Å². The molecule has 0 aliphatic heterocycles. The number of hydrogen-bond donors (Lipinski definition) is 2. The summed E-state index contributed by atoms with van der Waals surface area (Å²) >= 11 is 1.20. The molecule has 0 aromatic carbocycles. The van der Waals surface area contributed by atoms with Gasteiger partial charge in [-0.1, -0.05) is 0 Å². The number of nitrogens with two attached hydrogens (primary N) is 1. The number of nitrogens with one attached hydrogen (secondary N) is 1. The number of thiophene rings is 1. The average molecular weight is 277 g/mol. The molecule has 98 valence electrons. The minimum Gasteiger partial charge on any atom is -0.326 e. The van der Waals surface area contributed by atoms with Crippen molar-refractivity contribution in [1.29, 1.82) is 0 Å². The van der Waals surface area contributed by atoms with E-state index in [0.29, 0.717) is 17.3 Å². The smallest absolute Gasteiger partial charge is 0.250 e. The van der Waals surface area contributed by atoms with Gasteiger partial charge in [0.05, 0.1) is 0 Å². The molecule has 1 unspecified atom stereocenters. The van der Waals surface area contributed by atoms with Crippen molar-refractivity contribution in [3.63, 3.8) is 0 Å². The minimum atomic E-state index is -3.41. The van der Waals surface area contributed by atoms with Crippen LogP contribution >= 0.6 is 11.3 Å². The van der Waals surface area contributed by atoms with Gasteiger partial charge in [-0.2, -0.15) is 0 Å². The lowest BCUT2D eigenvalue weighted by Gasteiger charge is -2.17. The van der Waals surface area contributed by atoms with Crippen molar-refractivity contribution >= 4 is 21.4 Å². The van der Waals surface area contributed by atoms with Gasteiger partial charge in [0.2, 0.25) is 10.0 Å². The van der Waals surface area contributed by atoms with Gasteiger partial charge < -0.3 is 10.6 Å². The van der Waals surface area contributed by atoms with Crippen molar-refractivity contribution in [1.82, 2.24) is 9.62 Å². The largest absolute Gasteiger partial charge is 0.326 e. The lowest BCUT2D eigenvalue weighted by atomic mass is 10.3. The lowest BCUT2D eigenvalue weighted by molar-refractivity contribution is 0.370. The molecule has 1 heterocycles. The maximum Gasteiger partial charge on any atom is 0.250 e. The molecule has 0 aliphatic carbocycles. The van der Waals surface area contributed by atoms with Crippen LogP contribution in [0.4, 0.5) is 0 Å². The summed E-state index contributed by atoms with van der Waals surface area (Å²) in [6.07, 6.45) is 0. The molecule has 0 aliphatic rings. The van der Waals surface area contributed by atoms with E-state index >= 15 is 0 Å². The summed E-state index contributed by atoms with van der Waals surface area (Å²) in [6, 6.07) is 1.49. The van der Waals surface area contributed by atoms with Gasteiger partial charge in [0, 0.05) is 19.1 Å². The Kier molecular flexibility index (Phi) is 5.08. The molecule has 1 aromatic heterocycles. The Labute approximate surface area is 107 Å². The predicted octanol–water partition coefficient (Wildman–Crippen LogP) is 0.435. The van der Waals surface area contributed by atoms with E-state index in [1.807, 2.05) is 25.9 Å². The number of hydrogen-bond acceptors (Lipinski definition) is 5. The predicted molar refractivity (Wildman–Crippen MR) is 70.5 cm³/mol. The molecule has 17 heavy (non-hydrogen) atoms. The van der Waals surface area contributed by atoms with Crippen LogP contribution in [-0.4, -0.2) is 40.0 Å². The van der Waals surface area contributed by atoms with Gasteiger partial charge in [-0.15, -0.1) is 11.3 Å². The van der Waals surface area contributed by atoms with E-state index < -0.39 is 10.0 Å². The van der Waals surface area contributed by atoms with E-state index in [0.717, 1.165) is 5.56 Å². The monoisotopic (exact) mass is 277 g/mol. The van der Waals surface area contributed by atoms with Crippen molar-refractivity contribution in [3.8, 4) is 0 Å². The molecule has 7 heteroatoms. The van der Waals surface area contributed by atoms with Gasteiger partial charge in [-0.05, 0) is 38.0 Å². The molecule has 0 bridgehead atoms. The van der Waals surface area contributed by atoms with Crippen molar-refractivity contribution in [2.75, 3.05) is 20.6 Å². The number of rotatable bonds is 6. The molecule has 1 rings (SSSR count). The van der Waals surface area contributed by atoms with E-state index in [1.54, 1.807) is 11.4 Å². The van der Waals surface area contributed by atoms with Crippen LogP contribution < -0.4 is 10.5 Å². The quantitative estimate of drug-likeness (QED) is 0.791. The van der Waals surface area contributed by atoms with Gasteiger partial charge in [0.15, 0.2) is 0 Å². The zero-order valence-corrected chi connectivity index (χ0v) is 11.9. The fourth-order valence-electron chi connectivity index (χ4n) is 1.51. The molecule has 1 atom stereocenters. The van der Waals surface area contributed by atoms with Crippen LogP contribution in [0.2, 0.25) is 0 Å². The summed E-state index contributed by atoms with van der Waals surface area (Å²) in [6.45, 7) is 2.86. The number of likely N-dealkylation sites (N-methyl/N-ethyl adjacent to an activating group) is 1. The molecular formula is C10H19N3O2S2. The van der Waals surface area contributed by atoms with Crippen LogP contribution in [0.3, 0.4) is 0 Å². The van der Waals surface area contributed by atoms with Gasteiger partial charge in [0.25, 0.3) is 0 Å². The zero-order chi connectivity index (χ0) is 13.1. The van der Waals surface area contributed by atoms with Crippen LogP contribution in [0.25, 0.3) is 0 Å². The van der Waals surface area contributed by atoms with E-state index in [1.165, 1.54) is 11.3 Å². The third-order valence-electron chi connectivity index (χ3n) is 2.13. The number of nitrogens with zero attached hydrogens (tertiary/aromatic N) is 1. The second kappa shape index (κ2) is 5.92. The van der Waals surface area contributed by atoms with Crippen molar-refractivity contribution < 1.29 is 8.42 Å². The Morgan fingerprint density at radius 1 is 1.53 bits per heavy atom. The van der Waals surface area contributed by atoms with Crippen molar-refractivity contribution in [3.05, 3.63) is 17.0 Å². The fraction of sp³-hybridized carbons (Fsp3) is 0.600. The second-order valence-corrected chi connectivity index (χ2v) is 7.11. The van der Waals surface area contributed by atoms with Gasteiger partial charge in [-0.3, -0.25) is 0 Å². The summed E-state index contributed by atoms with van der Waals surface area (Å²) in [5.74, 6) is 0. The van der Waals surface area contributed by atoms with Crippen molar-refractivity contribution in [2.45, 2.75) is 23.7 Å². The standard InChI is InChI=1S/C10H19N3O2S2/c1-8(6-13(2)3)12-17(14,15)10-4-9(5-11)7-16-10/h4,7-8,12H,5-6,11H2,1-3H3. The van der Waals surface area contributed by atoms with Crippen LogP contribution in [0, 0.1) is 0 Å². The minimum absolute atomic E-state index is 0.126. The Hall–Kier alpha value is -0.470. The Morgan fingerprint density at radius 3 is 2.65 bits per heavy atom. The molecular weight excluding hydrogens is 258 g/mol. The summed E-state index contributed by atoms with van der Waals surface area (Å²) in [5, 5.41) is 1.77. The van der Waals surface area contributed by atoms with E-state index in [2.05, 4.69) is 4.72 Å². The van der Waals surface area contributed by atoms with E-state index in [9.17, 15) is 8.42 Å². The third kappa shape index (κ3) is 4.36. The van der Waals surface area contributed by atoms with Crippen LogP contribution in [0.15, 0.2) is 15.7 Å².